The highest BCUT2D eigenvalue weighted by atomic mass is 35.5. The lowest BCUT2D eigenvalue weighted by Gasteiger charge is -2.15. The third kappa shape index (κ3) is 3.19. The average Bonchev–Trinajstić information content (AvgIpc) is 3.10. The topological polar surface area (TPSA) is 18.5 Å². The second-order valence-corrected chi connectivity index (χ2v) is 7.55. The van der Waals surface area contributed by atoms with Crippen LogP contribution in [0, 0.1) is 0 Å². The van der Waals surface area contributed by atoms with Crippen molar-refractivity contribution < 1.29 is 9.47 Å². The fourth-order valence-corrected chi connectivity index (χ4v) is 4.66. The molecular formula is C21H19ClO2S. The van der Waals surface area contributed by atoms with Gasteiger partial charge in [-0.2, -0.15) is 0 Å². The molecule has 0 aliphatic carbocycles. The predicted molar refractivity (Wildman–Crippen MR) is 106 cm³/mol. The largest absolute Gasteiger partial charge is 0.454 e. The van der Waals surface area contributed by atoms with Gasteiger partial charge in [0.05, 0.1) is 5.02 Å². The molecule has 0 saturated carbocycles. The first kappa shape index (κ1) is 16.6. The van der Waals surface area contributed by atoms with E-state index in [1.165, 1.54) is 24.0 Å². The number of benzene rings is 3. The molecule has 0 N–H and O–H groups in total. The van der Waals surface area contributed by atoms with Gasteiger partial charge in [0.15, 0.2) is 11.5 Å². The first-order chi connectivity index (χ1) is 12.3. The summed E-state index contributed by atoms with van der Waals surface area (Å²) in [6.45, 7) is 2.48. The van der Waals surface area contributed by atoms with E-state index in [1.54, 1.807) is 0 Å². The Morgan fingerprint density at radius 2 is 1.80 bits per heavy atom. The molecule has 0 spiro atoms. The molecule has 1 aliphatic rings. The lowest BCUT2D eigenvalue weighted by molar-refractivity contribution is 0.174. The van der Waals surface area contributed by atoms with Crippen LogP contribution in [0.3, 0.4) is 0 Å². The summed E-state index contributed by atoms with van der Waals surface area (Å²) in [6, 6.07) is 16.7. The molecule has 4 rings (SSSR count). The third-order valence-corrected chi connectivity index (χ3v) is 6.06. The third-order valence-electron chi connectivity index (χ3n) is 4.35. The zero-order valence-electron chi connectivity index (χ0n) is 14.0. The Labute approximate surface area is 157 Å². The summed E-state index contributed by atoms with van der Waals surface area (Å²) in [7, 11) is 0. The van der Waals surface area contributed by atoms with Crippen LogP contribution in [0.4, 0.5) is 0 Å². The van der Waals surface area contributed by atoms with Gasteiger partial charge in [-0.15, -0.1) is 11.8 Å². The molecule has 3 aromatic rings. The maximum atomic E-state index is 6.86. The van der Waals surface area contributed by atoms with Crippen molar-refractivity contribution in [3.8, 4) is 22.6 Å². The summed E-state index contributed by atoms with van der Waals surface area (Å²) >= 11 is 8.70. The van der Waals surface area contributed by atoms with E-state index in [2.05, 4.69) is 37.3 Å². The first-order valence-corrected chi connectivity index (χ1v) is 9.88. The smallest absolute Gasteiger partial charge is 0.231 e. The number of halogens is 1. The highest BCUT2D eigenvalue weighted by Crippen LogP contribution is 2.45. The van der Waals surface area contributed by atoms with Crippen LogP contribution >= 0.6 is 23.4 Å². The van der Waals surface area contributed by atoms with E-state index in [0.717, 1.165) is 37.9 Å². The summed E-state index contributed by atoms with van der Waals surface area (Å²) in [6.07, 6.45) is 2.35. The standard InChI is InChI=1S/C21H19ClO2S/c1-2-3-9-25-21-17(14-7-5-4-6-8-14)10-15-11-18-19(24-13-23-18)12-16(15)20(21)22/h4-8,10-12H,2-3,9,13H2,1H3. The van der Waals surface area contributed by atoms with Crippen LogP contribution in [0.25, 0.3) is 21.9 Å². The van der Waals surface area contributed by atoms with Crippen LogP contribution in [0.2, 0.25) is 5.02 Å². The summed E-state index contributed by atoms with van der Waals surface area (Å²) in [5.41, 5.74) is 2.36. The molecule has 4 heteroatoms. The SMILES string of the molecule is CCCCSc1c(-c2ccccc2)cc2cc3c(cc2c1Cl)OCO3. The summed E-state index contributed by atoms with van der Waals surface area (Å²) < 4.78 is 11.1. The van der Waals surface area contributed by atoms with Crippen LogP contribution < -0.4 is 9.47 Å². The van der Waals surface area contributed by atoms with Gasteiger partial charge in [-0.3, -0.25) is 0 Å². The number of ether oxygens (including phenoxy) is 2. The zero-order chi connectivity index (χ0) is 17.2. The number of hydrogen-bond donors (Lipinski definition) is 0. The van der Waals surface area contributed by atoms with Crippen LogP contribution in [0.5, 0.6) is 11.5 Å². The fraction of sp³-hybridized carbons (Fsp3) is 0.238. The Hall–Kier alpha value is -1.84. The maximum Gasteiger partial charge on any atom is 0.231 e. The van der Waals surface area contributed by atoms with E-state index in [0.29, 0.717) is 0 Å². The van der Waals surface area contributed by atoms with Gasteiger partial charge in [0.2, 0.25) is 6.79 Å². The van der Waals surface area contributed by atoms with E-state index in [-0.39, 0.29) is 6.79 Å². The van der Waals surface area contributed by atoms with Crippen molar-refractivity contribution in [2.75, 3.05) is 12.5 Å². The summed E-state index contributed by atoms with van der Waals surface area (Å²) in [5, 5.41) is 2.90. The number of hydrogen-bond acceptors (Lipinski definition) is 3. The lowest BCUT2D eigenvalue weighted by atomic mass is 10.0. The van der Waals surface area contributed by atoms with Crippen LogP contribution in [-0.2, 0) is 0 Å². The molecule has 0 aromatic heterocycles. The molecule has 0 fully saturated rings. The molecule has 25 heavy (non-hydrogen) atoms. The van der Waals surface area contributed by atoms with E-state index >= 15 is 0 Å². The first-order valence-electron chi connectivity index (χ1n) is 8.52. The van der Waals surface area contributed by atoms with Gasteiger partial charge >= 0.3 is 0 Å². The van der Waals surface area contributed by atoms with Crippen molar-refractivity contribution in [3.63, 3.8) is 0 Å². The molecule has 3 aromatic carbocycles. The monoisotopic (exact) mass is 370 g/mol. The fourth-order valence-electron chi connectivity index (χ4n) is 3.02. The van der Waals surface area contributed by atoms with Crippen molar-refractivity contribution in [3.05, 3.63) is 53.6 Å². The van der Waals surface area contributed by atoms with E-state index < -0.39 is 0 Å². The van der Waals surface area contributed by atoms with Gasteiger partial charge in [-0.1, -0.05) is 55.3 Å². The van der Waals surface area contributed by atoms with Gasteiger partial charge in [0, 0.05) is 10.3 Å². The second kappa shape index (κ2) is 7.19. The van der Waals surface area contributed by atoms with Crippen LogP contribution in [0.1, 0.15) is 19.8 Å². The minimum Gasteiger partial charge on any atom is -0.454 e. The van der Waals surface area contributed by atoms with E-state index in [9.17, 15) is 0 Å². The van der Waals surface area contributed by atoms with Gasteiger partial charge in [-0.05, 0) is 46.9 Å². The molecule has 128 valence electrons. The van der Waals surface area contributed by atoms with Crippen molar-refractivity contribution in [1.29, 1.82) is 0 Å². The van der Waals surface area contributed by atoms with Gasteiger partial charge in [0.1, 0.15) is 0 Å². The van der Waals surface area contributed by atoms with Crippen molar-refractivity contribution >= 4 is 34.1 Å². The molecule has 2 nitrogen and oxygen atoms in total. The van der Waals surface area contributed by atoms with Crippen LogP contribution in [0.15, 0.2) is 53.4 Å². The molecule has 0 saturated heterocycles. The maximum absolute atomic E-state index is 6.86. The number of unbranched alkanes of at least 4 members (excludes halogenated alkanes) is 1. The second-order valence-electron chi connectivity index (χ2n) is 6.06. The Balaban J connectivity index is 1.91. The molecule has 0 radical (unpaired) electrons. The Bertz CT molecular complexity index is 909. The molecule has 1 aliphatic heterocycles. The molecule has 1 heterocycles. The zero-order valence-corrected chi connectivity index (χ0v) is 15.6. The normalized spacial score (nSPS) is 12.7. The summed E-state index contributed by atoms with van der Waals surface area (Å²) in [4.78, 5) is 1.15. The molecule has 0 amide bonds. The Morgan fingerprint density at radius 3 is 2.56 bits per heavy atom. The highest BCUT2D eigenvalue weighted by Gasteiger charge is 2.19. The van der Waals surface area contributed by atoms with Crippen molar-refractivity contribution in [2.45, 2.75) is 24.7 Å². The molecular weight excluding hydrogens is 352 g/mol. The predicted octanol–water partition coefficient (Wildman–Crippen LogP) is 6.78. The lowest BCUT2D eigenvalue weighted by Crippen LogP contribution is -1.92. The van der Waals surface area contributed by atoms with Gasteiger partial charge < -0.3 is 9.47 Å². The van der Waals surface area contributed by atoms with Crippen molar-refractivity contribution in [2.24, 2.45) is 0 Å². The summed E-state index contributed by atoms with van der Waals surface area (Å²) in [5.74, 6) is 2.62. The quantitative estimate of drug-likeness (QED) is 0.364. The molecule has 0 bridgehead atoms. The van der Waals surface area contributed by atoms with E-state index in [1.807, 2.05) is 30.0 Å². The Kier molecular flexibility index (Phi) is 4.78. The Morgan fingerprint density at radius 1 is 1.04 bits per heavy atom. The van der Waals surface area contributed by atoms with Crippen molar-refractivity contribution in [1.82, 2.24) is 0 Å². The molecule has 0 atom stereocenters. The van der Waals surface area contributed by atoms with Gasteiger partial charge in [-0.25, -0.2) is 0 Å². The number of rotatable bonds is 5. The minimum atomic E-state index is 0.271. The van der Waals surface area contributed by atoms with Crippen LogP contribution in [-0.4, -0.2) is 12.5 Å². The molecule has 0 unspecified atom stereocenters. The minimum absolute atomic E-state index is 0.271. The average molecular weight is 371 g/mol. The van der Waals surface area contributed by atoms with Gasteiger partial charge in [0.25, 0.3) is 0 Å². The number of thioether (sulfide) groups is 1. The number of fused-ring (bicyclic) bond motifs is 2. The van der Waals surface area contributed by atoms with E-state index in [4.69, 9.17) is 21.1 Å². The highest BCUT2D eigenvalue weighted by molar-refractivity contribution is 7.99.